The summed E-state index contributed by atoms with van der Waals surface area (Å²) < 4.78 is 54.8. The van der Waals surface area contributed by atoms with E-state index in [1.165, 1.54) is 18.2 Å². The number of rotatable bonds is 9. The van der Waals surface area contributed by atoms with E-state index >= 15 is 0 Å². The zero-order chi connectivity index (χ0) is 42.8. The number of hydrogen-bond donors (Lipinski definition) is 0. The first kappa shape index (κ1) is 49.9. The monoisotopic (exact) mass is 982 g/mol. The number of ether oxygens (including phenoxy) is 6. The molecule has 60 heavy (non-hydrogen) atoms. The van der Waals surface area contributed by atoms with E-state index in [0.717, 1.165) is 83.6 Å². The third-order valence-corrected chi connectivity index (χ3v) is 18.4. The van der Waals surface area contributed by atoms with Crippen molar-refractivity contribution in [1.82, 2.24) is 0 Å². The van der Waals surface area contributed by atoms with Crippen LogP contribution in [0.5, 0.6) is 0 Å². The highest BCUT2D eigenvalue weighted by molar-refractivity contribution is 8.41. The Kier molecular flexibility index (Phi) is 19.0. The van der Waals surface area contributed by atoms with Gasteiger partial charge in [0.05, 0.1) is 70.0 Å². The highest BCUT2D eigenvalue weighted by atomic mass is 32.4. The molecule has 0 radical (unpaired) electrons. The van der Waals surface area contributed by atoms with Crippen molar-refractivity contribution in [3.63, 3.8) is 0 Å². The van der Waals surface area contributed by atoms with Crippen molar-refractivity contribution in [3.05, 3.63) is 36.5 Å². The second kappa shape index (κ2) is 22.9. The molecule has 0 spiro atoms. The summed E-state index contributed by atoms with van der Waals surface area (Å²) in [5, 5.41) is 0. The summed E-state index contributed by atoms with van der Waals surface area (Å²) in [4.78, 5) is 14.3. The van der Waals surface area contributed by atoms with Crippen LogP contribution in [-0.2, 0) is 42.3 Å². The van der Waals surface area contributed by atoms with Crippen molar-refractivity contribution in [3.8, 4) is 0 Å². The smallest absolute Gasteiger partial charge is 0.135 e. The minimum absolute atomic E-state index is 0.0326. The van der Waals surface area contributed by atoms with Crippen molar-refractivity contribution in [2.24, 2.45) is 23.7 Å². The molecule has 7 heterocycles. The van der Waals surface area contributed by atoms with Gasteiger partial charge in [-0.25, -0.2) is 0 Å². The maximum atomic E-state index is 14.3. The predicted molar refractivity (Wildman–Crippen MR) is 265 cm³/mol. The molecule has 0 N–H and O–H groups in total. The Morgan fingerprint density at radius 1 is 0.733 bits per heavy atom. The molecule has 340 valence electrons. The lowest BCUT2D eigenvalue weighted by Crippen LogP contribution is -2.61. The molecule has 0 aliphatic carbocycles. The Balaban J connectivity index is 1.14. The van der Waals surface area contributed by atoms with Gasteiger partial charge in [0.2, 0.25) is 0 Å². The van der Waals surface area contributed by atoms with E-state index in [1.807, 2.05) is 0 Å². The van der Waals surface area contributed by atoms with Gasteiger partial charge in [0.15, 0.2) is 0 Å². The highest BCUT2D eigenvalue weighted by Crippen LogP contribution is 2.60. The van der Waals surface area contributed by atoms with Gasteiger partial charge in [0.25, 0.3) is 0 Å². The summed E-state index contributed by atoms with van der Waals surface area (Å²) in [5.41, 5.74) is 3.45. The molecule has 7 aliphatic rings. The fraction of sp³-hybridized carbons (Fsp3) is 0.837. The maximum absolute atomic E-state index is 14.3. The van der Waals surface area contributed by atoms with E-state index in [9.17, 15) is 4.79 Å². The first-order valence-corrected chi connectivity index (χ1v) is 34.5. The zero-order valence-electron chi connectivity index (χ0n) is 36.1. The minimum atomic E-state index is -0.901. The Morgan fingerprint density at radius 3 is 2.17 bits per heavy atom. The fourth-order valence-corrected chi connectivity index (χ4v) is 15.1. The molecule has 7 aliphatic heterocycles. The second-order valence-corrected chi connectivity index (χ2v) is 32.8. The van der Waals surface area contributed by atoms with Crippen LogP contribution in [0.4, 0.5) is 0 Å². The second-order valence-electron chi connectivity index (χ2n) is 19.1. The van der Waals surface area contributed by atoms with Gasteiger partial charge in [-0.2, -0.15) is 0 Å². The topological polar surface area (TPSA) is 90.9 Å². The van der Waals surface area contributed by atoms with Gasteiger partial charge < -0.3 is 37.5 Å². The van der Waals surface area contributed by atoms with Crippen LogP contribution in [0.2, 0.25) is 0 Å². The first-order chi connectivity index (χ1) is 28.7. The minimum Gasteiger partial charge on any atom is -0.374 e. The molecule has 24 atom stereocenters. The molecule has 10 unspecified atom stereocenters. The fourth-order valence-electron chi connectivity index (χ4n) is 11.2. The van der Waals surface area contributed by atoms with E-state index in [4.69, 9.17) is 37.5 Å². The molecule has 0 amide bonds. The maximum Gasteiger partial charge on any atom is 0.135 e. The van der Waals surface area contributed by atoms with Crippen LogP contribution >= 0.6 is 68.0 Å². The average molecular weight is 983 g/mol. The molecule has 7 rings (SSSR count). The van der Waals surface area contributed by atoms with E-state index in [-0.39, 0.29) is 103 Å². The van der Waals surface area contributed by atoms with E-state index in [1.54, 1.807) is 0 Å². The normalized spacial score (nSPS) is 43.9. The lowest BCUT2D eigenvalue weighted by atomic mass is 9.78. The number of fused-ring (bicyclic) bond motifs is 7. The molecular formula is C43H74O9P8. The Hall–Kier alpha value is 2.01. The molecule has 0 aromatic carbocycles. The van der Waals surface area contributed by atoms with Crippen LogP contribution in [0.3, 0.4) is 0 Å². The molecule has 17 heteroatoms. The highest BCUT2D eigenvalue weighted by Gasteiger charge is 2.59. The van der Waals surface area contributed by atoms with Gasteiger partial charge in [-0.3, -0.25) is 4.79 Å². The van der Waals surface area contributed by atoms with Crippen molar-refractivity contribution in [1.29, 1.82) is 0 Å². The van der Waals surface area contributed by atoms with Gasteiger partial charge in [0.1, 0.15) is 36.3 Å². The van der Waals surface area contributed by atoms with Crippen molar-refractivity contribution in [2.45, 2.75) is 196 Å². The standard InChI is InChI=1S/C43H74O9P8/c1-22-7-8-29-18-25(4)33(45-29)11-9-30-17-24(3)26(5)36(46-30)21-37-32(27(6)35(48-37)15-23(2)13-14-58-53)20-28(44)19-31-10-12-34-39(47-31)43(52-60(56)57)42-41(49-34)40(51-59(54)55)38(16-22)50-42/h23-24,27,29-43,58H,1,4-5,7-21,53-57H2,2-3,6H3/t23-,24-,27-,29?,30+,31?,32-,33?,34+,35-,36?,37+,38-,39+,40+,41+,42-,43+/m1/s1. The number of hydrogen-bond acceptors (Lipinski definition) is 9. The van der Waals surface area contributed by atoms with Crippen molar-refractivity contribution < 1.29 is 42.3 Å². The number of Topliss-reactive ketones (excluding diaryl/α,β-unsaturated/α-hetero) is 1. The number of carbonyl (C=O) groups excluding carboxylic acids is 1. The molecule has 7 fully saturated rings. The molecule has 7 saturated heterocycles. The predicted octanol–water partition coefficient (Wildman–Crippen LogP) is 11.0. The molecule has 0 saturated carbocycles. The largest absolute Gasteiger partial charge is 0.374 e. The van der Waals surface area contributed by atoms with Gasteiger partial charge in [-0.15, -0.1) is 17.2 Å². The Labute approximate surface area is 376 Å². The lowest BCUT2D eigenvalue weighted by molar-refractivity contribution is -0.251. The Bertz CT molecular complexity index is 1510. The van der Waals surface area contributed by atoms with Crippen molar-refractivity contribution in [2.75, 3.05) is 6.16 Å². The van der Waals surface area contributed by atoms with E-state index in [2.05, 4.69) is 85.2 Å². The molecular weight excluding hydrogens is 908 g/mol. The van der Waals surface area contributed by atoms with E-state index < -0.39 is 15.1 Å². The summed E-state index contributed by atoms with van der Waals surface area (Å²) in [7, 11) is 13.2. The van der Waals surface area contributed by atoms with Gasteiger partial charge in [-0.1, -0.05) is 81.8 Å². The molecule has 9 nitrogen and oxygen atoms in total. The summed E-state index contributed by atoms with van der Waals surface area (Å²) in [6.45, 7) is 20.5. The van der Waals surface area contributed by atoms with Crippen LogP contribution in [0, 0.1) is 23.7 Å². The van der Waals surface area contributed by atoms with E-state index in [0.29, 0.717) is 31.1 Å². The third-order valence-electron chi connectivity index (χ3n) is 14.6. The number of carbonyl (C=O) groups is 1. The molecule has 0 aromatic rings. The first-order valence-electron chi connectivity index (χ1n) is 22.5. The average Bonchev–Trinajstić information content (AvgIpc) is 3.81. The van der Waals surface area contributed by atoms with Gasteiger partial charge in [-0.05, 0) is 112 Å². The molecule has 8 bridgehead atoms. The van der Waals surface area contributed by atoms with Crippen molar-refractivity contribution >= 4 is 73.7 Å². The molecule has 0 aromatic heterocycles. The lowest BCUT2D eigenvalue weighted by Gasteiger charge is -2.48. The zero-order valence-corrected chi connectivity index (χ0v) is 44.6. The van der Waals surface area contributed by atoms with Crippen LogP contribution in [-0.4, -0.2) is 97.4 Å². The Morgan fingerprint density at radius 2 is 1.42 bits per heavy atom. The van der Waals surface area contributed by atoms with Crippen LogP contribution in [0.15, 0.2) is 36.5 Å². The summed E-state index contributed by atoms with van der Waals surface area (Å²) in [6, 6.07) is 0. The third kappa shape index (κ3) is 12.6. The summed E-state index contributed by atoms with van der Waals surface area (Å²) >= 11 is 0. The van der Waals surface area contributed by atoms with Crippen LogP contribution in [0.25, 0.3) is 0 Å². The van der Waals surface area contributed by atoms with Crippen LogP contribution in [0.1, 0.15) is 111 Å². The van der Waals surface area contributed by atoms with Crippen LogP contribution < -0.4 is 0 Å². The summed E-state index contributed by atoms with van der Waals surface area (Å²) in [5.74, 6) is 1.51. The van der Waals surface area contributed by atoms with Gasteiger partial charge in [0, 0.05) is 19.3 Å². The quantitative estimate of drug-likeness (QED) is 0.165. The summed E-state index contributed by atoms with van der Waals surface area (Å²) in [6.07, 6.45) is 10.5. The van der Waals surface area contributed by atoms with Gasteiger partial charge >= 0.3 is 0 Å². The SMILES string of the molecule is C=C1CCC2CC(=C)C(CC[C@H]3C[C@@H](C)C(=C)C(C[C@@H]4O[C@H](C[C@H](C)CCPP)[C@H](C)[C@H]4CC(=O)CC4CC[C@@H]5O[C@@H]6[C@@H](O[C@H](C1)[C@@H]6OP(P)P)[C@@H](OP(P)P)[C@H]5O4)O3)O2. The number of ketones is 1.